The number of fused-ring (bicyclic) bond motifs is 1. The molecule has 1 saturated carbocycles. The highest BCUT2D eigenvalue weighted by Crippen LogP contribution is 2.33. The van der Waals surface area contributed by atoms with Crippen molar-refractivity contribution in [2.24, 2.45) is 0 Å². The summed E-state index contributed by atoms with van der Waals surface area (Å²) in [6, 6.07) is 0.891. The number of carbonyl (C=O) groups is 4. The molecule has 0 unspecified atom stereocenters. The number of amides is 4. The maximum Gasteiger partial charge on any atom is 0.315 e. The van der Waals surface area contributed by atoms with E-state index in [4.69, 9.17) is 4.74 Å². The second-order valence-electron chi connectivity index (χ2n) is 13.1. The SMILES string of the molecule is O=C(CCCC[C@@H]1SC[C@@H]2NC(=O)N[C@@H]21)NCCCCCC(=O)OCCCC/C=C\C/C=C\C/C=C\C/C=C\CCCC(=O)NC1CC1. The molecule has 3 aliphatic rings. The number of rotatable bonds is 27. The molecule has 48 heavy (non-hydrogen) atoms. The average molecular weight is 685 g/mol. The summed E-state index contributed by atoms with van der Waals surface area (Å²) in [5.74, 6) is 1.13. The molecule has 2 heterocycles. The Hall–Kier alpha value is -3.01. The van der Waals surface area contributed by atoms with Gasteiger partial charge in [-0.2, -0.15) is 11.8 Å². The van der Waals surface area contributed by atoms with Crippen LogP contribution < -0.4 is 21.3 Å². The number of esters is 1. The Kier molecular flexibility index (Phi) is 20.6. The molecule has 4 N–H and O–H groups in total. The molecule has 9 nitrogen and oxygen atoms in total. The number of nitrogens with one attached hydrogen (secondary N) is 4. The molecule has 0 aromatic rings. The van der Waals surface area contributed by atoms with E-state index in [0.717, 1.165) is 108 Å². The fourth-order valence-electron chi connectivity index (χ4n) is 5.74. The molecule has 268 valence electrons. The Bertz CT molecular complexity index is 1090. The number of hydrogen-bond acceptors (Lipinski definition) is 6. The van der Waals surface area contributed by atoms with Crippen molar-refractivity contribution in [3.63, 3.8) is 0 Å². The number of urea groups is 1. The van der Waals surface area contributed by atoms with Gasteiger partial charge in [-0.15, -0.1) is 0 Å². The number of unbranched alkanes of at least 4 members (excludes halogenated alkanes) is 6. The van der Waals surface area contributed by atoms with E-state index in [0.29, 0.717) is 43.7 Å². The summed E-state index contributed by atoms with van der Waals surface area (Å²) in [4.78, 5) is 47.2. The zero-order chi connectivity index (χ0) is 34.1. The average Bonchev–Trinajstić information content (AvgIpc) is 3.69. The van der Waals surface area contributed by atoms with Crippen molar-refractivity contribution in [1.82, 2.24) is 21.3 Å². The van der Waals surface area contributed by atoms with Crippen molar-refractivity contribution >= 4 is 35.6 Å². The van der Waals surface area contributed by atoms with E-state index >= 15 is 0 Å². The van der Waals surface area contributed by atoms with Crippen LogP contribution in [-0.4, -0.2) is 66.1 Å². The van der Waals surface area contributed by atoms with E-state index in [9.17, 15) is 19.2 Å². The second-order valence-corrected chi connectivity index (χ2v) is 14.3. The highest BCUT2D eigenvalue weighted by Gasteiger charge is 2.42. The molecule has 0 spiro atoms. The van der Waals surface area contributed by atoms with Crippen LogP contribution in [0.3, 0.4) is 0 Å². The van der Waals surface area contributed by atoms with Gasteiger partial charge in [0, 0.05) is 42.9 Å². The van der Waals surface area contributed by atoms with Gasteiger partial charge in [0.15, 0.2) is 0 Å². The largest absolute Gasteiger partial charge is 0.466 e. The van der Waals surface area contributed by atoms with Gasteiger partial charge in [-0.25, -0.2) is 4.79 Å². The number of hydrogen-bond donors (Lipinski definition) is 4. The lowest BCUT2D eigenvalue weighted by Crippen LogP contribution is -2.36. The van der Waals surface area contributed by atoms with Crippen LogP contribution >= 0.6 is 11.8 Å². The molecule has 1 aliphatic carbocycles. The summed E-state index contributed by atoms with van der Waals surface area (Å²) in [7, 11) is 0. The van der Waals surface area contributed by atoms with Crippen molar-refractivity contribution in [2.45, 2.75) is 145 Å². The normalized spacial score (nSPS) is 20.5. The van der Waals surface area contributed by atoms with Crippen molar-refractivity contribution in [3.8, 4) is 0 Å². The molecule has 2 saturated heterocycles. The Morgan fingerprint density at radius 2 is 1.40 bits per heavy atom. The third kappa shape index (κ3) is 19.1. The van der Waals surface area contributed by atoms with Crippen LogP contribution in [0.4, 0.5) is 4.79 Å². The number of allylic oxidation sites excluding steroid dienone is 8. The van der Waals surface area contributed by atoms with Crippen LogP contribution in [0.15, 0.2) is 48.6 Å². The van der Waals surface area contributed by atoms with Crippen molar-refractivity contribution in [2.75, 3.05) is 18.9 Å². The highest BCUT2D eigenvalue weighted by molar-refractivity contribution is 8.00. The minimum atomic E-state index is -0.130. The quantitative estimate of drug-likeness (QED) is 0.0321. The molecule has 3 fully saturated rings. The van der Waals surface area contributed by atoms with Gasteiger partial charge in [0.1, 0.15) is 0 Å². The van der Waals surface area contributed by atoms with Gasteiger partial charge in [-0.3, -0.25) is 14.4 Å². The van der Waals surface area contributed by atoms with Crippen LogP contribution in [0.25, 0.3) is 0 Å². The fourth-order valence-corrected chi connectivity index (χ4v) is 7.28. The summed E-state index contributed by atoms with van der Waals surface area (Å²) in [5, 5.41) is 12.4. The topological polar surface area (TPSA) is 126 Å². The van der Waals surface area contributed by atoms with Gasteiger partial charge in [-0.1, -0.05) is 61.4 Å². The minimum Gasteiger partial charge on any atom is -0.466 e. The molecule has 4 amide bonds. The monoisotopic (exact) mass is 684 g/mol. The third-order valence-corrected chi connectivity index (χ3v) is 10.2. The summed E-state index contributed by atoms with van der Waals surface area (Å²) < 4.78 is 5.36. The number of ether oxygens (including phenoxy) is 1. The van der Waals surface area contributed by atoms with Gasteiger partial charge < -0.3 is 26.0 Å². The van der Waals surface area contributed by atoms with E-state index < -0.39 is 0 Å². The predicted molar refractivity (Wildman–Crippen MR) is 196 cm³/mol. The van der Waals surface area contributed by atoms with Gasteiger partial charge in [0.05, 0.1) is 18.7 Å². The van der Waals surface area contributed by atoms with E-state index in [1.807, 2.05) is 11.8 Å². The molecule has 0 aromatic carbocycles. The molecular formula is C38H60N4O5S. The van der Waals surface area contributed by atoms with Gasteiger partial charge in [0.25, 0.3) is 0 Å². The van der Waals surface area contributed by atoms with Crippen molar-refractivity contribution < 1.29 is 23.9 Å². The lowest BCUT2D eigenvalue weighted by Gasteiger charge is -2.16. The molecule has 0 radical (unpaired) electrons. The van der Waals surface area contributed by atoms with Gasteiger partial charge in [-0.05, 0) is 89.9 Å². The molecule has 3 atom stereocenters. The maximum atomic E-state index is 12.1. The van der Waals surface area contributed by atoms with Crippen molar-refractivity contribution in [3.05, 3.63) is 48.6 Å². The Morgan fingerprint density at radius 3 is 2.12 bits per heavy atom. The van der Waals surface area contributed by atoms with Crippen LogP contribution in [0, 0.1) is 0 Å². The molecular weight excluding hydrogens is 625 g/mol. The standard InChI is InChI=1S/C38H60N4O5S/c43-34(23-19-18-22-33-37-32(30-48-33)41-38(46)42-37)39-28-20-15-17-25-36(45)47-29-21-14-12-10-8-6-4-2-1-3-5-7-9-11-13-16-24-35(44)40-31-26-27-31/h2-5,8-11,31-33,37H,1,6-7,12-30H2,(H,39,43)(H,40,44)(H2,41,42,46)/b4-2-,5-3-,10-8-,11-9-/t32-,33-,37-/m0/s1. The molecule has 0 aromatic heterocycles. The number of carbonyl (C=O) groups excluding carboxylic acids is 4. The van der Waals surface area contributed by atoms with E-state index in [-0.39, 0.29) is 35.9 Å². The zero-order valence-electron chi connectivity index (χ0n) is 28.9. The lowest BCUT2D eigenvalue weighted by atomic mass is 10.0. The summed E-state index contributed by atoms with van der Waals surface area (Å²) in [6.45, 7) is 1.13. The first kappa shape index (κ1) is 39.4. The lowest BCUT2D eigenvalue weighted by molar-refractivity contribution is -0.144. The minimum absolute atomic E-state index is 0.0537. The fraction of sp³-hybridized carbons (Fsp3) is 0.684. The summed E-state index contributed by atoms with van der Waals surface area (Å²) >= 11 is 1.91. The van der Waals surface area contributed by atoms with E-state index in [2.05, 4.69) is 69.9 Å². The Balaban J connectivity index is 1.00. The molecule has 0 bridgehead atoms. The van der Waals surface area contributed by atoms with E-state index in [1.165, 1.54) is 0 Å². The molecule has 2 aliphatic heterocycles. The van der Waals surface area contributed by atoms with Crippen LogP contribution in [0.5, 0.6) is 0 Å². The predicted octanol–water partition coefficient (Wildman–Crippen LogP) is 6.95. The highest BCUT2D eigenvalue weighted by atomic mass is 32.2. The maximum absolute atomic E-state index is 12.1. The third-order valence-electron chi connectivity index (χ3n) is 8.69. The van der Waals surface area contributed by atoms with Crippen LogP contribution in [-0.2, 0) is 19.1 Å². The smallest absolute Gasteiger partial charge is 0.315 e. The molecule has 3 rings (SSSR count). The second kappa shape index (κ2) is 25.0. The first-order chi connectivity index (χ1) is 23.5. The van der Waals surface area contributed by atoms with E-state index in [1.54, 1.807) is 0 Å². The summed E-state index contributed by atoms with van der Waals surface area (Å²) in [5.41, 5.74) is 0. The van der Waals surface area contributed by atoms with Crippen LogP contribution in [0.1, 0.15) is 122 Å². The summed E-state index contributed by atoms with van der Waals surface area (Å²) in [6.07, 6.45) is 34.3. The Morgan fingerprint density at radius 1 is 0.729 bits per heavy atom. The first-order valence-electron chi connectivity index (χ1n) is 18.5. The Labute approximate surface area is 293 Å². The number of thioether (sulfide) groups is 1. The van der Waals surface area contributed by atoms with Gasteiger partial charge >= 0.3 is 12.0 Å². The molecule has 10 heteroatoms. The van der Waals surface area contributed by atoms with Gasteiger partial charge in [0.2, 0.25) is 11.8 Å². The van der Waals surface area contributed by atoms with Crippen LogP contribution in [0.2, 0.25) is 0 Å². The first-order valence-corrected chi connectivity index (χ1v) is 19.6. The zero-order valence-corrected chi connectivity index (χ0v) is 29.8. The van der Waals surface area contributed by atoms with Crippen molar-refractivity contribution in [1.29, 1.82) is 0 Å².